The summed E-state index contributed by atoms with van der Waals surface area (Å²) in [6, 6.07) is 0. The maximum atomic E-state index is 4.14. The van der Waals surface area contributed by atoms with Crippen molar-refractivity contribution in [3.05, 3.63) is 18.1 Å². The highest BCUT2D eigenvalue weighted by Gasteiger charge is 2.08. The van der Waals surface area contributed by atoms with E-state index in [1.165, 1.54) is 0 Å². The molecule has 0 unspecified atom stereocenters. The van der Waals surface area contributed by atoms with Gasteiger partial charge in [0.2, 0.25) is 0 Å². The number of hydrogen-bond acceptors (Lipinski definition) is 3. The summed E-state index contributed by atoms with van der Waals surface area (Å²) in [7, 11) is 3.76. The third-order valence-electron chi connectivity index (χ3n) is 2.11. The van der Waals surface area contributed by atoms with Gasteiger partial charge in [-0.05, 0) is 6.92 Å². The molecule has 0 aliphatic carbocycles. The van der Waals surface area contributed by atoms with E-state index in [9.17, 15) is 0 Å². The lowest BCUT2D eigenvalue weighted by atomic mass is 10.2. The first kappa shape index (κ1) is 7.97. The normalized spacial score (nSPS) is 10.7. The molecule has 0 aliphatic rings. The van der Waals surface area contributed by atoms with E-state index in [4.69, 9.17) is 0 Å². The van der Waals surface area contributed by atoms with E-state index in [2.05, 4.69) is 15.4 Å². The second kappa shape index (κ2) is 2.69. The summed E-state index contributed by atoms with van der Waals surface area (Å²) in [5.41, 5.74) is 3.00. The topological polar surface area (TPSA) is 48.5 Å². The minimum Gasteiger partial charge on any atom is -0.272 e. The summed E-state index contributed by atoms with van der Waals surface area (Å²) >= 11 is 0. The van der Waals surface area contributed by atoms with E-state index in [0.29, 0.717) is 0 Å². The maximum Gasteiger partial charge on any atom is 0.116 e. The predicted molar refractivity (Wildman–Crippen MR) is 47.9 cm³/mol. The molecule has 0 saturated heterocycles. The molecule has 5 nitrogen and oxygen atoms in total. The first-order chi connectivity index (χ1) is 6.18. The monoisotopic (exact) mass is 177 g/mol. The second-order valence-corrected chi connectivity index (χ2v) is 3.04. The molecule has 2 aromatic heterocycles. The number of hydrogen-bond donors (Lipinski definition) is 0. The zero-order chi connectivity index (χ0) is 9.42. The summed E-state index contributed by atoms with van der Waals surface area (Å²) in [5, 5.41) is 12.0. The van der Waals surface area contributed by atoms with Crippen LogP contribution in [0.1, 0.15) is 5.69 Å². The summed E-state index contributed by atoms with van der Waals surface area (Å²) in [5.74, 6) is 0. The van der Waals surface area contributed by atoms with Crippen molar-refractivity contribution < 1.29 is 0 Å². The highest BCUT2D eigenvalue weighted by molar-refractivity contribution is 5.59. The third kappa shape index (κ3) is 1.22. The molecule has 0 fully saturated rings. The Balaban J connectivity index is 2.52. The van der Waals surface area contributed by atoms with Crippen LogP contribution in [0.4, 0.5) is 0 Å². The number of nitrogens with zero attached hydrogens (tertiary/aromatic N) is 5. The quantitative estimate of drug-likeness (QED) is 0.638. The summed E-state index contributed by atoms with van der Waals surface area (Å²) < 4.78 is 3.51. The van der Waals surface area contributed by atoms with Crippen LogP contribution in [0.5, 0.6) is 0 Å². The van der Waals surface area contributed by atoms with Gasteiger partial charge in [0.25, 0.3) is 0 Å². The lowest BCUT2D eigenvalue weighted by Crippen LogP contribution is -1.92. The molecular formula is C8H11N5. The molecule has 68 valence electrons. The zero-order valence-electron chi connectivity index (χ0n) is 7.89. The largest absolute Gasteiger partial charge is 0.272 e. The van der Waals surface area contributed by atoms with Crippen molar-refractivity contribution in [3.8, 4) is 11.3 Å². The molecule has 0 atom stereocenters. The molecule has 0 aliphatic heterocycles. The predicted octanol–water partition coefficient (Wildman–Crippen LogP) is 0.524. The average Bonchev–Trinajstić information content (AvgIpc) is 2.62. The van der Waals surface area contributed by atoms with Crippen molar-refractivity contribution in [2.45, 2.75) is 6.92 Å². The van der Waals surface area contributed by atoms with E-state index in [1.807, 2.05) is 31.9 Å². The van der Waals surface area contributed by atoms with Crippen LogP contribution in [-0.2, 0) is 14.1 Å². The SMILES string of the molecule is Cc1c(-c2cn(C)nn2)cnn1C. The highest BCUT2D eigenvalue weighted by atomic mass is 15.4. The average molecular weight is 177 g/mol. The van der Waals surface area contributed by atoms with E-state index < -0.39 is 0 Å². The lowest BCUT2D eigenvalue weighted by Gasteiger charge is -1.94. The minimum atomic E-state index is 0.869. The Bertz CT molecular complexity index is 425. The van der Waals surface area contributed by atoms with Crippen LogP contribution in [0.25, 0.3) is 11.3 Å². The van der Waals surface area contributed by atoms with Gasteiger partial charge in [-0.25, -0.2) is 0 Å². The van der Waals surface area contributed by atoms with Gasteiger partial charge in [0.15, 0.2) is 0 Å². The van der Waals surface area contributed by atoms with Crippen molar-refractivity contribution in [3.63, 3.8) is 0 Å². The van der Waals surface area contributed by atoms with Gasteiger partial charge < -0.3 is 0 Å². The Kier molecular flexibility index (Phi) is 1.65. The fourth-order valence-corrected chi connectivity index (χ4v) is 1.22. The van der Waals surface area contributed by atoms with Crippen LogP contribution in [0.15, 0.2) is 12.4 Å². The molecule has 5 heteroatoms. The molecular weight excluding hydrogens is 166 g/mol. The summed E-state index contributed by atoms with van der Waals surface area (Å²) in [4.78, 5) is 0. The molecule has 2 aromatic rings. The molecule has 2 heterocycles. The van der Waals surface area contributed by atoms with Crippen molar-refractivity contribution in [2.24, 2.45) is 14.1 Å². The molecule has 0 saturated carbocycles. The van der Waals surface area contributed by atoms with Crippen LogP contribution >= 0.6 is 0 Å². The Morgan fingerprint density at radius 3 is 2.54 bits per heavy atom. The van der Waals surface area contributed by atoms with Gasteiger partial charge in [0.1, 0.15) is 5.69 Å². The molecule has 0 aromatic carbocycles. The van der Waals surface area contributed by atoms with Gasteiger partial charge >= 0.3 is 0 Å². The smallest absolute Gasteiger partial charge is 0.116 e. The van der Waals surface area contributed by atoms with Gasteiger partial charge in [0, 0.05) is 25.4 Å². The Morgan fingerprint density at radius 2 is 2.08 bits per heavy atom. The molecule has 0 N–H and O–H groups in total. The van der Waals surface area contributed by atoms with Crippen LogP contribution in [-0.4, -0.2) is 24.8 Å². The van der Waals surface area contributed by atoms with E-state index in [0.717, 1.165) is 17.0 Å². The second-order valence-electron chi connectivity index (χ2n) is 3.04. The summed E-state index contributed by atoms with van der Waals surface area (Å²) in [6.45, 7) is 2.01. The Hall–Kier alpha value is -1.65. The van der Waals surface area contributed by atoms with Crippen molar-refractivity contribution in [1.29, 1.82) is 0 Å². The zero-order valence-corrected chi connectivity index (χ0v) is 7.89. The van der Waals surface area contributed by atoms with Gasteiger partial charge in [-0.15, -0.1) is 5.10 Å². The molecule has 2 rings (SSSR count). The first-order valence-electron chi connectivity index (χ1n) is 4.04. The molecule has 0 spiro atoms. The van der Waals surface area contributed by atoms with Crippen LogP contribution in [0, 0.1) is 6.92 Å². The minimum absolute atomic E-state index is 0.869. The fourth-order valence-electron chi connectivity index (χ4n) is 1.22. The van der Waals surface area contributed by atoms with E-state index in [1.54, 1.807) is 10.9 Å². The number of aryl methyl sites for hydroxylation is 2. The van der Waals surface area contributed by atoms with Gasteiger partial charge in [-0.1, -0.05) is 5.21 Å². The van der Waals surface area contributed by atoms with Crippen LogP contribution in [0.2, 0.25) is 0 Å². The molecule has 0 bridgehead atoms. The van der Waals surface area contributed by atoms with Gasteiger partial charge in [0.05, 0.1) is 12.4 Å². The maximum absolute atomic E-state index is 4.14. The van der Waals surface area contributed by atoms with Gasteiger partial charge in [-0.3, -0.25) is 9.36 Å². The van der Waals surface area contributed by atoms with E-state index >= 15 is 0 Å². The van der Waals surface area contributed by atoms with Gasteiger partial charge in [-0.2, -0.15) is 5.10 Å². The van der Waals surface area contributed by atoms with Crippen molar-refractivity contribution in [1.82, 2.24) is 24.8 Å². The molecule has 0 amide bonds. The van der Waals surface area contributed by atoms with Crippen LogP contribution in [0.3, 0.4) is 0 Å². The number of aromatic nitrogens is 5. The van der Waals surface area contributed by atoms with Crippen molar-refractivity contribution in [2.75, 3.05) is 0 Å². The summed E-state index contributed by atoms with van der Waals surface area (Å²) in [6.07, 6.45) is 3.68. The molecule has 13 heavy (non-hydrogen) atoms. The molecule has 0 radical (unpaired) electrons. The van der Waals surface area contributed by atoms with Crippen LogP contribution < -0.4 is 0 Å². The lowest BCUT2D eigenvalue weighted by molar-refractivity contribution is 0.715. The first-order valence-corrected chi connectivity index (χ1v) is 4.04. The number of rotatable bonds is 1. The fraction of sp³-hybridized carbons (Fsp3) is 0.375. The van der Waals surface area contributed by atoms with E-state index in [-0.39, 0.29) is 0 Å². The van der Waals surface area contributed by atoms with Crippen molar-refractivity contribution >= 4 is 0 Å². The highest BCUT2D eigenvalue weighted by Crippen LogP contribution is 2.18. The Morgan fingerprint density at radius 1 is 1.31 bits per heavy atom. The Labute approximate surface area is 76.0 Å². The standard InChI is InChI=1S/C8H11N5/c1-6-7(4-9-13(6)3)8-5-12(2)11-10-8/h4-5H,1-3H3. The third-order valence-corrected chi connectivity index (χ3v) is 2.11.